The van der Waals surface area contributed by atoms with Gasteiger partial charge in [-0.15, -0.1) is 11.3 Å². The topological polar surface area (TPSA) is 55.4 Å². The number of ether oxygens (including phenoxy) is 1. The average Bonchev–Trinajstić information content (AvgIpc) is 2.90. The van der Waals surface area contributed by atoms with Crippen LogP contribution in [0.1, 0.15) is 9.67 Å². The van der Waals surface area contributed by atoms with Crippen LogP contribution in [0.5, 0.6) is 0 Å². The fourth-order valence-electron chi connectivity index (χ4n) is 1.36. The van der Waals surface area contributed by atoms with Crippen molar-refractivity contribution in [2.75, 3.05) is 11.8 Å². The van der Waals surface area contributed by atoms with Gasteiger partial charge in [0.2, 0.25) is 0 Å². The lowest BCUT2D eigenvalue weighted by Gasteiger charge is -2.06. The maximum atomic E-state index is 12.2. The predicted octanol–water partition coefficient (Wildman–Crippen LogP) is 3.32. The summed E-state index contributed by atoms with van der Waals surface area (Å²) in [6, 6.07) is 8.44. The Morgan fingerprint density at radius 3 is 2.63 bits per heavy atom. The van der Waals surface area contributed by atoms with Crippen molar-refractivity contribution in [1.82, 2.24) is 0 Å². The third-order valence-electron chi connectivity index (χ3n) is 2.25. The molecule has 0 fully saturated rings. The summed E-state index contributed by atoms with van der Waals surface area (Å²) in [4.78, 5) is 12.2. The molecule has 2 rings (SSSR count). The molecule has 0 bridgehead atoms. The molecule has 1 aromatic carbocycles. The molecular formula is C12H10ClNO3S2. The Kier molecular flexibility index (Phi) is 4.57. The van der Waals surface area contributed by atoms with Crippen LogP contribution in [0, 0.1) is 0 Å². The molecule has 19 heavy (non-hydrogen) atoms. The van der Waals surface area contributed by atoms with E-state index in [9.17, 15) is 9.00 Å². The van der Waals surface area contributed by atoms with E-state index in [1.54, 1.807) is 35.7 Å². The van der Waals surface area contributed by atoms with Crippen molar-refractivity contribution in [3.05, 3.63) is 45.6 Å². The first-order valence-corrected chi connectivity index (χ1v) is 7.62. The normalized spacial score (nSPS) is 11.9. The molecule has 4 nitrogen and oxygen atoms in total. The third-order valence-corrected chi connectivity index (χ3v) is 4.69. The lowest BCUT2D eigenvalue weighted by Crippen LogP contribution is -2.09. The van der Waals surface area contributed by atoms with Crippen molar-refractivity contribution in [2.24, 2.45) is 0 Å². The number of thiophene rings is 1. The Bertz CT molecular complexity index is 610. The number of methoxy groups -OCH3 is 1. The third kappa shape index (κ3) is 3.34. The fourth-order valence-corrected chi connectivity index (χ4v) is 3.56. The Hall–Kier alpha value is -1.37. The number of hydrogen-bond acceptors (Lipinski definition) is 4. The van der Waals surface area contributed by atoms with E-state index in [2.05, 4.69) is 9.46 Å². The molecule has 2 aromatic rings. The highest BCUT2D eigenvalue weighted by atomic mass is 35.5. The molecule has 1 unspecified atom stereocenters. The maximum Gasteiger partial charge on any atom is 0.349 e. The lowest BCUT2D eigenvalue weighted by molar-refractivity contribution is 0.0602. The van der Waals surface area contributed by atoms with Crippen LogP contribution in [0.15, 0.2) is 40.6 Å². The van der Waals surface area contributed by atoms with Gasteiger partial charge in [0.15, 0.2) is 11.0 Å². The number of benzene rings is 1. The Morgan fingerprint density at radius 1 is 1.32 bits per heavy atom. The SMILES string of the molecule is COC(=O)c1sccc1S(=O)Nc1ccc(Cl)cc1. The molecule has 1 aromatic heterocycles. The maximum absolute atomic E-state index is 12.2. The van der Waals surface area contributed by atoms with E-state index in [1.807, 2.05) is 0 Å². The fraction of sp³-hybridized carbons (Fsp3) is 0.0833. The van der Waals surface area contributed by atoms with Gasteiger partial charge in [0.25, 0.3) is 0 Å². The first kappa shape index (κ1) is 14.0. The van der Waals surface area contributed by atoms with E-state index in [1.165, 1.54) is 18.4 Å². The van der Waals surface area contributed by atoms with Crippen molar-refractivity contribution >= 4 is 45.6 Å². The second-order valence-corrected chi connectivity index (χ2v) is 6.02. The Balaban J connectivity index is 2.18. The quantitative estimate of drug-likeness (QED) is 0.881. The summed E-state index contributed by atoms with van der Waals surface area (Å²) in [5.74, 6) is -0.490. The molecule has 0 saturated carbocycles. The highest BCUT2D eigenvalue weighted by Gasteiger charge is 2.18. The average molecular weight is 316 g/mol. The number of halogens is 1. The van der Waals surface area contributed by atoms with Crippen LogP contribution in [0.3, 0.4) is 0 Å². The van der Waals surface area contributed by atoms with Gasteiger partial charge in [-0.1, -0.05) is 11.6 Å². The van der Waals surface area contributed by atoms with Gasteiger partial charge in [-0.2, -0.15) is 0 Å². The van der Waals surface area contributed by atoms with Crippen LogP contribution in [-0.2, 0) is 15.7 Å². The van der Waals surface area contributed by atoms with Crippen molar-refractivity contribution in [3.63, 3.8) is 0 Å². The van der Waals surface area contributed by atoms with Gasteiger partial charge in [0.05, 0.1) is 12.0 Å². The van der Waals surface area contributed by atoms with E-state index in [0.717, 1.165) is 0 Å². The van der Waals surface area contributed by atoms with E-state index in [4.69, 9.17) is 11.6 Å². The van der Waals surface area contributed by atoms with Crippen LogP contribution < -0.4 is 4.72 Å². The molecule has 0 spiro atoms. The zero-order chi connectivity index (χ0) is 13.8. The van der Waals surface area contributed by atoms with Crippen LogP contribution in [0.2, 0.25) is 5.02 Å². The summed E-state index contributed by atoms with van der Waals surface area (Å²) in [5.41, 5.74) is 0.657. The smallest absolute Gasteiger partial charge is 0.349 e. The molecule has 0 aliphatic carbocycles. The molecule has 0 aliphatic heterocycles. The second kappa shape index (κ2) is 6.18. The standard InChI is InChI=1S/C12H10ClNO3S2/c1-17-12(15)11-10(6-7-18-11)19(16)14-9-4-2-8(13)3-5-9/h2-7,14H,1H3. The zero-order valence-electron chi connectivity index (χ0n) is 9.88. The molecule has 0 radical (unpaired) electrons. The van der Waals surface area contributed by atoms with Crippen molar-refractivity contribution < 1.29 is 13.7 Å². The minimum Gasteiger partial charge on any atom is -0.465 e. The number of nitrogens with one attached hydrogen (secondary N) is 1. The summed E-state index contributed by atoms with van der Waals surface area (Å²) >= 11 is 6.97. The summed E-state index contributed by atoms with van der Waals surface area (Å²) in [6.07, 6.45) is 0. The van der Waals surface area contributed by atoms with E-state index >= 15 is 0 Å². The Morgan fingerprint density at radius 2 is 2.00 bits per heavy atom. The van der Waals surface area contributed by atoms with Crippen molar-refractivity contribution in [2.45, 2.75) is 4.90 Å². The van der Waals surface area contributed by atoms with Gasteiger partial charge in [-0.25, -0.2) is 9.00 Å². The molecule has 1 N–H and O–H groups in total. The van der Waals surface area contributed by atoms with Crippen LogP contribution >= 0.6 is 22.9 Å². The van der Waals surface area contributed by atoms with Gasteiger partial charge >= 0.3 is 5.97 Å². The van der Waals surface area contributed by atoms with Gasteiger partial charge < -0.3 is 9.46 Å². The molecule has 1 atom stereocenters. The molecule has 0 aliphatic rings. The molecule has 7 heteroatoms. The highest BCUT2D eigenvalue weighted by Crippen LogP contribution is 2.23. The molecule has 100 valence electrons. The van der Waals surface area contributed by atoms with Gasteiger partial charge in [-0.05, 0) is 35.7 Å². The second-order valence-electron chi connectivity index (χ2n) is 3.48. The molecule has 1 heterocycles. The van der Waals surface area contributed by atoms with E-state index in [-0.39, 0.29) is 0 Å². The predicted molar refractivity (Wildman–Crippen MR) is 77.1 cm³/mol. The molecular weight excluding hydrogens is 306 g/mol. The highest BCUT2D eigenvalue weighted by molar-refractivity contribution is 7.86. The lowest BCUT2D eigenvalue weighted by atomic mass is 10.3. The van der Waals surface area contributed by atoms with Crippen molar-refractivity contribution in [3.8, 4) is 0 Å². The van der Waals surface area contributed by atoms with Gasteiger partial charge in [-0.3, -0.25) is 0 Å². The van der Waals surface area contributed by atoms with Crippen molar-refractivity contribution in [1.29, 1.82) is 0 Å². The summed E-state index contributed by atoms with van der Waals surface area (Å²) in [5, 5.41) is 2.30. The van der Waals surface area contributed by atoms with Gasteiger partial charge in [0, 0.05) is 10.7 Å². The summed E-state index contributed by atoms with van der Waals surface area (Å²) in [7, 11) is -0.234. The van der Waals surface area contributed by atoms with Gasteiger partial charge in [0.1, 0.15) is 4.88 Å². The minimum absolute atomic E-state index is 0.335. The van der Waals surface area contributed by atoms with Crippen LogP contribution in [-0.4, -0.2) is 17.3 Å². The van der Waals surface area contributed by atoms with Crippen LogP contribution in [0.25, 0.3) is 0 Å². The zero-order valence-corrected chi connectivity index (χ0v) is 12.3. The number of esters is 1. The minimum atomic E-state index is -1.53. The number of hydrogen-bond donors (Lipinski definition) is 1. The first-order chi connectivity index (χ1) is 9.11. The Labute approximate surface area is 121 Å². The van der Waals surface area contributed by atoms with E-state index in [0.29, 0.717) is 20.5 Å². The largest absolute Gasteiger partial charge is 0.465 e. The summed E-state index contributed by atoms with van der Waals surface area (Å²) in [6.45, 7) is 0. The number of carbonyl (C=O) groups is 1. The van der Waals surface area contributed by atoms with Crippen LogP contribution in [0.4, 0.5) is 5.69 Å². The molecule has 0 saturated heterocycles. The van der Waals surface area contributed by atoms with E-state index < -0.39 is 17.0 Å². The monoisotopic (exact) mass is 315 g/mol. The summed E-state index contributed by atoms with van der Waals surface area (Å²) < 4.78 is 19.6. The number of carbonyl (C=O) groups excluding carboxylic acids is 1. The first-order valence-electron chi connectivity index (χ1n) is 5.21. The molecule has 0 amide bonds. The number of rotatable bonds is 4. The number of anilines is 1.